The van der Waals surface area contributed by atoms with E-state index in [4.69, 9.17) is 24.9 Å². The fourth-order valence-electron chi connectivity index (χ4n) is 4.44. The van der Waals surface area contributed by atoms with E-state index in [0.29, 0.717) is 42.4 Å². The Morgan fingerprint density at radius 1 is 1.34 bits per heavy atom. The van der Waals surface area contributed by atoms with Gasteiger partial charge < -0.3 is 19.9 Å². The van der Waals surface area contributed by atoms with E-state index in [1.807, 2.05) is 6.92 Å². The molecule has 1 atom stereocenters. The third-order valence-electron chi connectivity index (χ3n) is 6.31. The van der Waals surface area contributed by atoms with Crippen LogP contribution in [0.15, 0.2) is 24.4 Å². The van der Waals surface area contributed by atoms with Gasteiger partial charge in [-0.1, -0.05) is 0 Å². The predicted molar refractivity (Wildman–Crippen MR) is 126 cm³/mol. The van der Waals surface area contributed by atoms with Gasteiger partial charge in [-0.25, -0.2) is 27.9 Å². The molecule has 0 aromatic carbocycles. The number of nitrogens with zero attached hydrogens (tertiary/aromatic N) is 4. The van der Waals surface area contributed by atoms with Crippen molar-refractivity contribution in [1.82, 2.24) is 19.7 Å². The van der Waals surface area contributed by atoms with Crippen LogP contribution in [0.3, 0.4) is 0 Å². The number of carbonyl (C=O) groups excluding carboxylic acids is 1. The minimum Gasteiger partial charge on any atom is -0.493 e. The molecule has 5 heterocycles. The molecule has 13 heteroatoms. The van der Waals surface area contributed by atoms with Crippen LogP contribution in [0.5, 0.6) is 5.75 Å². The topological polar surface area (TPSA) is 161 Å². The number of urea groups is 1. The zero-order valence-corrected chi connectivity index (χ0v) is 20.2. The first kappa shape index (κ1) is 23.5. The van der Waals surface area contributed by atoms with Crippen LogP contribution in [0.4, 0.5) is 10.6 Å². The van der Waals surface area contributed by atoms with E-state index in [0.717, 1.165) is 11.1 Å². The van der Waals surface area contributed by atoms with E-state index in [2.05, 4.69) is 15.4 Å². The van der Waals surface area contributed by atoms with Crippen LogP contribution in [0.2, 0.25) is 0 Å². The lowest BCUT2D eigenvalue weighted by Crippen LogP contribution is -2.40. The molecular weight excluding hydrogens is 476 g/mol. The smallest absolute Gasteiger partial charge is 0.317 e. The Hall–Kier alpha value is -3.29. The molecule has 0 saturated carbocycles. The van der Waals surface area contributed by atoms with Crippen LogP contribution in [-0.4, -0.2) is 72.6 Å². The molecule has 0 bridgehead atoms. The number of sulfone groups is 1. The van der Waals surface area contributed by atoms with Gasteiger partial charge in [0.2, 0.25) is 0 Å². The summed E-state index contributed by atoms with van der Waals surface area (Å²) in [6, 6.07) is 4.48. The Balaban J connectivity index is 1.57. The summed E-state index contributed by atoms with van der Waals surface area (Å²) >= 11 is 0. The molecule has 2 saturated heterocycles. The highest BCUT2D eigenvalue weighted by molar-refractivity contribution is 7.92. The van der Waals surface area contributed by atoms with Crippen LogP contribution in [0.1, 0.15) is 17.8 Å². The molecule has 12 nitrogen and oxygen atoms in total. The first-order valence-corrected chi connectivity index (χ1v) is 12.9. The Kier molecular flexibility index (Phi) is 5.85. The van der Waals surface area contributed by atoms with Crippen molar-refractivity contribution in [1.29, 1.82) is 0 Å². The summed E-state index contributed by atoms with van der Waals surface area (Å²) < 4.78 is 42.2. The Morgan fingerprint density at radius 3 is 2.80 bits per heavy atom. The van der Waals surface area contributed by atoms with Crippen molar-refractivity contribution in [2.24, 2.45) is 11.7 Å². The molecule has 0 spiro atoms. The first-order valence-electron chi connectivity index (χ1n) is 11.1. The average molecular weight is 503 g/mol. The number of methoxy groups -OCH3 is 1. The normalized spacial score (nSPS) is 21.7. The summed E-state index contributed by atoms with van der Waals surface area (Å²) in [5.41, 5.74) is 6.51. The fourth-order valence-corrected chi connectivity index (χ4v) is 5.97. The number of hydrogen-bond donors (Lipinski definition) is 2. The number of hydrogen-bond acceptors (Lipinski definition) is 9. The number of nitrogens with two attached hydrogens (primary N) is 1. The number of aryl methyl sites for hydroxylation is 1. The van der Waals surface area contributed by atoms with E-state index in [-0.39, 0.29) is 29.8 Å². The van der Waals surface area contributed by atoms with E-state index < -0.39 is 21.5 Å². The number of pyridine rings is 2. The Labute approximate surface area is 201 Å². The van der Waals surface area contributed by atoms with Crippen molar-refractivity contribution in [3.05, 3.63) is 35.8 Å². The lowest BCUT2D eigenvalue weighted by molar-refractivity contribution is -0.0247. The van der Waals surface area contributed by atoms with Crippen LogP contribution < -0.4 is 15.8 Å². The fraction of sp³-hybridized carbons (Fsp3) is 0.455. The largest absolute Gasteiger partial charge is 0.493 e. The van der Waals surface area contributed by atoms with Gasteiger partial charge in [-0.3, -0.25) is 5.32 Å². The third-order valence-corrected chi connectivity index (χ3v) is 8.27. The number of aromatic nitrogens is 4. The second-order valence-corrected chi connectivity index (χ2v) is 11.0. The highest BCUT2D eigenvalue weighted by Gasteiger charge is 2.39. The van der Waals surface area contributed by atoms with Gasteiger partial charge in [0, 0.05) is 55.8 Å². The molecule has 3 aromatic rings. The molecule has 2 amide bonds. The molecule has 186 valence electrons. The van der Waals surface area contributed by atoms with Gasteiger partial charge in [0.1, 0.15) is 17.2 Å². The molecule has 0 aliphatic carbocycles. The Morgan fingerprint density at radius 2 is 2.14 bits per heavy atom. The summed E-state index contributed by atoms with van der Waals surface area (Å²) in [6.07, 6.45) is 2.23. The molecule has 0 unspecified atom stereocenters. The first-order chi connectivity index (χ1) is 16.7. The molecule has 2 aliphatic rings. The number of nitrogens with one attached hydrogen (secondary N) is 1. The summed E-state index contributed by atoms with van der Waals surface area (Å²) in [7, 11) is -1.33. The third kappa shape index (κ3) is 4.54. The SMILES string of the molecule is CO[C@]1(c2cc(OCC3CS(=O)(=O)C3)cc(-n3nc(C)c4cnc(NC(N)=O)cc43)n2)CCOC1. The van der Waals surface area contributed by atoms with Crippen molar-refractivity contribution in [2.75, 3.05) is 43.8 Å². The standard InChI is InChI=1S/C22H26N6O6S/c1-13-16-8-24-19(26-21(23)29)7-17(16)28(27-13)20-6-15(34-9-14-10-35(30,31)11-14)5-18(25-20)22(32-2)3-4-33-12-22/h5-8,14H,3-4,9-12H2,1-2H3,(H3,23,24,26,29)/t22-/m1/s1. The zero-order valence-electron chi connectivity index (χ0n) is 19.4. The monoisotopic (exact) mass is 502 g/mol. The van der Waals surface area contributed by atoms with Crippen molar-refractivity contribution in [2.45, 2.75) is 18.9 Å². The lowest BCUT2D eigenvalue weighted by Gasteiger charge is -2.27. The summed E-state index contributed by atoms with van der Waals surface area (Å²) in [5, 5.41) is 7.90. The van der Waals surface area contributed by atoms with Gasteiger partial charge in [0.25, 0.3) is 0 Å². The van der Waals surface area contributed by atoms with Crippen molar-refractivity contribution in [3.8, 4) is 11.6 Å². The van der Waals surface area contributed by atoms with Crippen LogP contribution in [0, 0.1) is 12.8 Å². The summed E-state index contributed by atoms with van der Waals surface area (Å²) in [5.74, 6) is 1.47. The van der Waals surface area contributed by atoms with Crippen molar-refractivity contribution in [3.63, 3.8) is 0 Å². The van der Waals surface area contributed by atoms with Gasteiger partial charge in [-0.05, 0) is 6.92 Å². The number of amides is 2. The van der Waals surface area contributed by atoms with Crippen LogP contribution in [-0.2, 0) is 24.9 Å². The van der Waals surface area contributed by atoms with Crippen LogP contribution >= 0.6 is 0 Å². The zero-order chi connectivity index (χ0) is 24.8. The predicted octanol–water partition coefficient (Wildman–Crippen LogP) is 1.30. The maximum absolute atomic E-state index is 11.5. The summed E-state index contributed by atoms with van der Waals surface area (Å²) in [4.78, 5) is 20.4. The van der Waals surface area contributed by atoms with Gasteiger partial charge >= 0.3 is 6.03 Å². The number of primary amides is 1. The lowest BCUT2D eigenvalue weighted by atomic mass is 9.97. The molecule has 3 N–H and O–H groups in total. The minimum atomic E-state index is -2.94. The van der Waals surface area contributed by atoms with Crippen molar-refractivity contribution < 1.29 is 27.4 Å². The Bertz CT molecular complexity index is 1390. The number of rotatable bonds is 7. The number of carbonyl (C=O) groups is 1. The molecule has 35 heavy (non-hydrogen) atoms. The van der Waals surface area contributed by atoms with Crippen LogP contribution in [0.25, 0.3) is 16.7 Å². The molecular formula is C22H26N6O6S. The second-order valence-electron chi connectivity index (χ2n) is 8.87. The number of fused-ring (bicyclic) bond motifs is 1. The molecule has 5 rings (SSSR count). The van der Waals surface area contributed by atoms with Gasteiger partial charge in [0.15, 0.2) is 15.7 Å². The second kappa shape index (κ2) is 8.73. The summed E-state index contributed by atoms with van der Waals surface area (Å²) in [6.45, 7) is 3.00. The van der Waals surface area contributed by atoms with E-state index >= 15 is 0 Å². The maximum atomic E-state index is 11.5. The van der Waals surface area contributed by atoms with Gasteiger partial charge in [0.05, 0.1) is 41.6 Å². The highest BCUT2D eigenvalue weighted by Crippen LogP contribution is 2.36. The number of anilines is 1. The van der Waals surface area contributed by atoms with E-state index in [9.17, 15) is 13.2 Å². The molecule has 2 aliphatic heterocycles. The van der Waals surface area contributed by atoms with E-state index in [1.54, 1.807) is 36.2 Å². The average Bonchev–Trinajstić information content (AvgIpc) is 3.41. The highest BCUT2D eigenvalue weighted by atomic mass is 32.2. The van der Waals surface area contributed by atoms with Crippen molar-refractivity contribution >= 4 is 32.6 Å². The molecule has 0 radical (unpaired) electrons. The maximum Gasteiger partial charge on any atom is 0.317 e. The van der Waals surface area contributed by atoms with E-state index in [1.165, 1.54) is 0 Å². The van der Waals surface area contributed by atoms with Gasteiger partial charge in [-0.2, -0.15) is 5.10 Å². The molecule has 2 fully saturated rings. The number of ether oxygens (including phenoxy) is 3. The quantitative estimate of drug-likeness (QED) is 0.485. The van der Waals surface area contributed by atoms with Gasteiger partial charge in [-0.15, -0.1) is 0 Å². The minimum absolute atomic E-state index is 0.0486. The molecule has 3 aromatic heterocycles.